The molecule has 0 aliphatic rings. The molecule has 0 saturated carbocycles. The van der Waals surface area contributed by atoms with E-state index in [-0.39, 0.29) is 5.78 Å². The first-order chi connectivity index (χ1) is 9.63. The fourth-order valence-corrected chi connectivity index (χ4v) is 2.21. The predicted molar refractivity (Wildman–Crippen MR) is 82.0 cm³/mol. The Hall–Kier alpha value is -1.80. The van der Waals surface area contributed by atoms with Gasteiger partial charge in [-0.05, 0) is 42.3 Å². The van der Waals surface area contributed by atoms with Crippen molar-refractivity contribution < 1.29 is 9.53 Å². The van der Waals surface area contributed by atoms with E-state index < -0.39 is 0 Å². The highest BCUT2D eigenvalue weighted by atomic mass is 35.5. The van der Waals surface area contributed by atoms with Gasteiger partial charge in [0, 0.05) is 17.0 Å². The van der Waals surface area contributed by atoms with Crippen molar-refractivity contribution in [2.45, 2.75) is 26.7 Å². The van der Waals surface area contributed by atoms with Crippen LogP contribution in [0.2, 0.25) is 5.02 Å². The lowest BCUT2D eigenvalue weighted by atomic mass is 10.1. The summed E-state index contributed by atoms with van der Waals surface area (Å²) in [6, 6.07) is 12.8. The molecule has 0 spiro atoms. The molecule has 2 nitrogen and oxygen atoms in total. The van der Waals surface area contributed by atoms with Gasteiger partial charge in [0.15, 0.2) is 5.78 Å². The first kappa shape index (κ1) is 14.6. The number of aryl methyl sites for hydroxylation is 1. The van der Waals surface area contributed by atoms with Gasteiger partial charge in [-0.15, -0.1) is 0 Å². The zero-order valence-corrected chi connectivity index (χ0v) is 12.4. The van der Waals surface area contributed by atoms with Gasteiger partial charge in [0.05, 0.1) is 0 Å². The first-order valence-electron chi connectivity index (χ1n) is 6.73. The predicted octanol–water partition coefficient (Wildman–Crippen LogP) is 5.29. The third-order valence-corrected chi connectivity index (χ3v) is 3.48. The Balaban J connectivity index is 2.24. The van der Waals surface area contributed by atoms with Gasteiger partial charge in [0.25, 0.3) is 0 Å². The van der Waals surface area contributed by atoms with Gasteiger partial charge in [0.1, 0.15) is 11.5 Å². The van der Waals surface area contributed by atoms with Gasteiger partial charge in [-0.2, -0.15) is 0 Å². The summed E-state index contributed by atoms with van der Waals surface area (Å²) >= 11 is 6.08. The normalized spacial score (nSPS) is 10.3. The molecule has 2 aromatic carbocycles. The Morgan fingerprint density at radius 2 is 1.85 bits per heavy atom. The molecule has 0 saturated heterocycles. The van der Waals surface area contributed by atoms with Gasteiger partial charge >= 0.3 is 0 Å². The van der Waals surface area contributed by atoms with E-state index in [9.17, 15) is 4.79 Å². The number of hydrogen-bond acceptors (Lipinski definition) is 2. The van der Waals surface area contributed by atoms with E-state index in [1.165, 1.54) is 0 Å². The van der Waals surface area contributed by atoms with Gasteiger partial charge in [0.2, 0.25) is 0 Å². The average molecular weight is 289 g/mol. The molecule has 2 aromatic rings. The molecule has 2 rings (SSSR count). The minimum Gasteiger partial charge on any atom is -0.457 e. The number of carbonyl (C=O) groups is 1. The maximum Gasteiger partial charge on any atom is 0.162 e. The van der Waals surface area contributed by atoms with Gasteiger partial charge in [-0.1, -0.05) is 37.6 Å². The van der Waals surface area contributed by atoms with Gasteiger partial charge in [-0.25, -0.2) is 0 Å². The van der Waals surface area contributed by atoms with Crippen molar-refractivity contribution in [1.29, 1.82) is 0 Å². The van der Waals surface area contributed by atoms with Crippen LogP contribution in [0.25, 0.3) is 0 Å². The number of halogens is 1. The lowest BCUT2D eigenvalue weighted by Crippen LogP contribution is -1.96. The van der Waals surface area contributed by atoms with Crippen LogP contribution < -0.4 is 4.74 Å². The van der Waals surface area contributed by atoms with E-state index in [0.717, 1.165) is 22.8 Å². The molecule has 0 aliphatic heterocycles. The maximum atomic E-state index is 11.7. The summed E-state index contributed by atoms with van der Waals surface area (Å²) in [7, 11) is 0. The van der Waals surface area contributed by atoms with Crippen molar-refractivity contribution in [3.05, 3.63) is 58.6 Å². The summed E-state index contributed by atoms with van der Waals surface area (Å²) in [6.07, 6.45) is 1.34. The smallest absolute Gasteiger partial charge is 0.162 e. The van der Waals surface area contributed by atoms with E-state index in [1.807, 2.05) is 44.2 Å². The summed E-state index contributed by atoms with van der Waals surface area (Å²) in [6.45, 7) is 3.90. The Morgan fingerprint density at radius 3 is 2.55 bits per heavy atom. The van der Waals surface area contributed by atoms with E-state index in [2.05, 4.69) is 0 Å². The minimum atomic E-state index is 0.112. The number of hydrogen-bond donors (Lipinski definition) is 0. The number of ether oxygens (including phenoxy) is 1. The topological polar surface area (TPSA) is 26.3 Å². The molecular formula is C17H17ClO2. The molecule has 3 heteroatoms. The molecule has 104 valence electrons. The van der Waals surface area contributed by atoms with E-state index in [4.69, 9.17) is 16.3 Å². The summed E-state index contributed by atoms with van der Waals surface area (Å²) in [5.41, 5.74) is 1.72. The van der Waals surface area contributed by atoms with Crippen LogP contribution in [0, 0.1) is 0 Å². The monoisotopic (exact) mass is 288 g/mol. The van der Waals surface area contributed by atoms with Crippen molar-refractivity contribution in [2.75, 3.05) is 0 Å². The first-order valence-corrected chi connectivity index (χ1v) is 7.11. The standard InChI is InChI=1S/C17H17ClO2/c1-3-12-10-15(8-9-16(12)18)20-14-7-5-6-13(11-14)17(19)4-2/h5-11H,3-4H2,1-2H3. The van der Waals surface area contributed by atoms with Crippen LogP contribution in [0.4, 0.5) is 0 Å². The van der Waals surface area contributed by atoms with Crippen molar-refractivity contribution in [3.63, 3.8) is 0 Å². The second kappa shape index (κ2) is 6.58. The second-order valence-electron chi connectivity index (χ2n) is 4.51. The Bertz CT molecular complexity index is 620. The molecule has 0 bridgehead atoms. The molecular weight excluding hydrogens is 272 g/mol. The lowest BCUT2D eigenvalue weighted by molar-refractivity contribution is 0.0988. The molecule has 0 aromatic heterocycles. The van der Waals surface area contributed by atoms with Gasteiger partial charge in [-0.3, -0.25) is 4.79 Å². The van der Waals surface area contributed by atoms with Crippen molar-refractivity contribution in [3.8, 4) is 11.5 Å². The van der Waals surface area contributed by atoms with E-state index in [0.29, 0.717) is 17.7 Å². The molecule has 0 unspecified atom stereocenters. The van der Waals surface area contributed by atoms with Crippen LogP contribution in [0.15, 0.2) is 42.5 Å². The van der Waals surface area contributed by atoms with Crippen molar-refractivity contribution >= 4 is 17.4 Å². The molecule has 0 fully saturated rings. The van der Waals surface area contributed by atoms with E-state index in [1.54, 1.807) is 12.1 Å². The molecule has 0 N–H and O–H groups in total. The minimum absolute atomic E-state index is 0.112. The number of benzene rings is 2. The highest BCUT2D eigenvalue weighted by Crippen LogP contribution is 2.27. The number of Topliss-reactive ketones (excluding diaryl/α,β-unsaturated/α-hetero) is 1. The molecule has 0 aliphatic carbocycles. The third kappa shape index (κ3) is 3.40. The molecule has 20 heavy (non-hydrogen) atoms. The maximum absolute atomic E-state index is 11.7. The molecule has 0 atom stereocenters. The lowest BCUT2D eigenvalue weighted by Gasteiger charge is -2.09. The largest absolute Gasteiger partial charge is 0.457 e. The van der Waals surface area contributed by atoms with Crippen LogP contribution in [-0.4, -0.2) is 5.78 Å². The highest BCUT2D eigenvalue weighted by Gasteiger charge is 2.06. The van der Waals surface area contributed by atoms with Crippen molar-refractivity contribution in [1.82, 2.24) is 0 Å². The van der Waals surface area contributed by atoms with Crippen LogP contribution in [0.5, 0.6) is 11.5 Å². The molecule has 0 heterocycles. The average Bonchev–Trinajstić information content (AvgIpc) is 2.48. The third-order valence-electron chi connectivity index (χ3n) is 3.11. The van der Waals surface area contributed by atoms with Crippen LogP contribution in [-0.2, 0) is 6.42 Å². The summed E-state index contributed by atoms with van der Waals surface area (Å²) in [5.74, 6) is 1.50. The zero-order valence-electron chi connectivity index (χ0n) is 11.7. The van der Waals surface area contributed by atoms with Gasteiger partial charge < -0.3 is 4.74 Å². The molecule has 0 radical (unpaired) electrons. The van der Waals surface area contributed by atoms with Crippen LogP contribution in [0.1, 0.15) is 36.2 Å². The number of carbonyl (C=O) groups excluding carboxylic acids is 1. The second-order valence-corrected chi connectivity index (χ2v) is 4.92. The highest BCUT2D eigenvalue weighted by molar-refractivity contribution is 6.31. The fourth-order valence-electron chi connectivity index (χ4n) is 1.96. The fraction of sp³-hybridized carbons (Fsp3) is 0.235. The van der Waals surface area contributed by atoms with Crippen LogP contribution >= 0.6 is 11.6 Å². The summed E-state index contributed by atoms with van der Waals surface area (Å²) in [5, 5.41) is 0.745. The zero-order chi connectivity index (χ0) is 14.5. The van der Waals surface area contributed by atoms with E-state index >= 15 is 0 Å². The molecule has 0 amide bonds. The quantitative estimate of drug-likeness (QED) is 0.699. The van der Waals surface area contributed by atoms with Crippen molar-refractivity contribution in [2.24, 2.45) is 0 Å². The SMILES string of the molecule is CCC(=O)c1cccc(Oc2ccc(Cl)c(CC)c2)c1. The summed E-state index contributed by atoms with van der Waals surface area (Å²) < 4.78 is 5.80. The number of rotatable bonds is 5. The Kier molecular flexibility index (Phi) is 4.80. The Labute approximate surface area is 124 Å². The van der Waals surface area contributed by atoms with Crippen LogP contribution in [0.3, 0.4) is 0 Å². The number of ketones is 1. The Morgan fingerprint density at radius 1 is 1.10 bits per heavy atom. The summed E-state index contributed by atoms with van der Waals surface area (Å²) in [4.78, 5) is 11.7.